The lowest BCUT2D eigenvalue weighted by Crippen LogP contribution is -2.70. The molecule has 2 aromatic carbocycles. The summed E-state index contributed by atoms with van der Waals surface area (Å²) >= 11 is 0. The highest BCUT2D eigenvalue weighted by atomic mass is 16.5. The molecule has 0 radical (unpaired) electrons. The zero-order chi connectivity index (χ0) is 19.3. The number of hydrogen-bond donors (Lipinski definition) is 2. The van der Waals surface area contributed by atoms with Gasteiger partial charge in [0.05, 0.1) is 5.92 Å². The molecule has 0 aliphatic carbocycles. The van der Waals surface area contributed by atoms with Crippen LogP contribution < -0.4 is 5.73 Å². The number of esters is 1. The molecular weight excluding hydrogens is 334 g/mol. The molecule has 0 aliphatic rings. The molecule has 2 rings (SSSR count). The van der Waals surface area contributed by atoms with Gasteiger partial charge in [0.2, 0.25) is 6.04 Å². The van der Waals surface area contributed by atoms with Crippen molar-refractivity contribution in [3.05, 3.63) is 71.3 Å². The number of carboxylic acids is 1. The number of hydrogen-bond acceptors (Lipinski definition) is 4. The second-order valence-corrected chi connectivity index (χ2v) is 6.13. The summed E-state index contributed by atoms with van der Waals surface area (Å²) in [5.41, 5.74) is 5.14. The highest BCUT2D eigenvalue weighted by Crippen LogP contribution is 2.21. The largest absolute Gasteiger partial charge is 0.477 e. The molecule has 3 atom stereocenters. The predicted molar refractivity (Wildman–Crippen MR) is 94.6 cm³/mol. The smallest absolute Gasteiger partial charge is 0.366 e. The van der Waals surface area contributed by atoms with E-state index < -0.39 is 30.0 Å². The highest BCUT2D eigenvalue weighted by molar-refractivity contribution is 6.09. The van der Waals surface area contributed by atoms with E-state index >= 15 is 0 Å². The van der Waals surface area contributed by atoms with Crippen LogP contribution >= 0.6 is 0 Å². The lowest BCUT2D eigenvalue weighted by Gasteiger charge is -2.18. The Morgan fingerprint density at radius 1 is 0.962 bits per heavy atom. The Morgan fingerprint density at radius 2 is 1.58 bits per heavy atom. The van der Waals surface area contributed by atoms with E-state index in [1.54, 1.807) is 55.5 Å². The van der Waals surface area contributed by atoms with E-state index in [1.807, 2.05) is 6.07 Å². The van der Waals surface area contributed by atoms with E-state index in [0.717, 1.165) is 0 Å². The molecule has 6 nitrogen and oxygen atoms in total. The average Bonchev–Trinajstić information content (AvgIpc) is 2.66. The summed E-state index contributed by atoms with van der Waals surface area (Å²) in [4.78, 5) is 35.8. The molecule has 136 valence electrons. The quantitative estimate of drug-likeness (QED) is 0.579. The number of ketones is 1. The van der Waals surface area contributed by atoms with Gasteiger partial charge in [-0.3, -0.25) is 9.59 Å². The van der Waals surface area contributed by atoms with Crippen LogP contribution in [0.4, 0.5) is 0 Å². The third-order valence-electron chi connectivity index (χ3n) is 4.22. The summed E-state index contributed by atoms with van der Waals surface area (Å²) in [6.07, 6.45) is -0.850. The first-order chi connectivity index (χ1) is 12.3. The number of ether oxygens (including phenoxy) is 1. The molecule has 2 aromatic rings. The van der Waals surface area contributed by atoms with Crippen LogP contribution in [0.1, 0.15) is 41.3 Å². The van der Waals surface area contributed by atoms with E-state index in [0.29, 0.717) is 16.7 Å². The van der Waals surface area contributed by atoms with E-state index in [4.69, 9.17) is 9.84 Å². The van der Waals surface area contributed by atoms with Gasteiger partial charge in [0.15, 0.2) is 11.9 Å². The molecule has 4 N–H and O–H groups in total. The summed E-state index contributed by atoms with van der Waals surface area (Å²) in [5.74, 6) is -2.46. The van der Waals surface area contributed by atoms with Gasteiger partial charge in [0.1, 0.15) is 0 Å². The highest BCUT2D eigenvalue weighted by Gasteiger charge is 2.29. The maximum Gasteiger partial charge on any atom is 0.366 e. The van der Waals surface area contributed by atoms with E-state index in [1.165, 1.54) is 6.92 Å². The van der Waals surface area contributed by atoms with Crippen molar-refractivity contribution < 1.29 is 30.0 Å². The van der Waals surface area contributed by atoms with Gasteiger partial charge < -0.3 is 15.6 Å². The topological polar surface area (TPSA) is 108 Å². The molecule has 1 unspecified atom stereocenters. The van der Waals surface area contributed by atoms with Crippen molar-refractivity contribution in [2.24, 2.45) is 0 Å². The zero-order valence-electron chi connectivity index (χ0n) is 14.7. The number of carbonyl (C=O) groups is 3. The normalized spacial score (nSPS) is 14.1. The Morgan fingerprint density at radius 3 is 2.19 bits per heavy atom. The molecule has 0 aliphatic heterocycles. The summed E-state index contributed by atoms with van der Waals surface area (Å²) in [6, 6.07) is 14.6. The van der Waals surface area contributed by atoms with E-state index in [9.17, 15) is 14.4 Å². The van der Waals surface area contributed by atoms with Crippen molar-refractivity contribution in [2.75, 3.05) is 0 Å². The third kappa shape index (κ3) is 4.55. The zero-order valence-corrected chi connectivity index (χ0v) is 14.7. The van der Waals surface area contributed by atoms with Gasteiger partial charge in [-0.2, -0.15) is 0 Å². The summed E-state index contributed by atoms with van der Waals surface area (Å²) in [5, 5.41) is 8.94. The molecule has 26 heavy (non-hydrogen) atoms. The number of aliphatic carboxylic acids is 1. The monoisotopic (exact) mass is 356 g/mol. The average molecular weight is 356 g/mol. The van der Waals surface area contributed by atoms with Crippen molar-refractivity contribution in [2.45, 2.75) is 31.9 Å². The minimum atomic E-state index is -1.13. The van der Waals surface area contributed by atoms with E-state index in [-0.39, 0.29) is 5.78 Å². The van der Waals surface area contributed by atoms with Crippen LogP contribution in [0, 0.1) is 0 Å². The van der Waals surface area contributed by atoms with E-state index in [2.05, 4.69) is 5.73 Å². The number of rotatable bonds is 7. The fraction of sp³-hybridized carbons (Fsp3) is 0.250. The Balaban J connectivity index is 2.15. The molecule has 0 saturated heterocycles. The molecule has 0 bridgehead atoms. The summed E-state index contributed by atoms with van der Waals surface area (Å²) in [7, 11) is 0. The number of quaternary nitrogens is 1. The van der Waals surface area contributed by atoms with Crippen LogP contribution in [0.5, 0.6) is 0 Å². The first-order valence-corrected chi connectivity index (χ1v) is 8.27. The number of carboxylic acid groups (broad SMARTS) is 1. The van der Waals surface area contributed by atoms with Crippen molar-refractivity contribution in [3.63, 3.8) is 0 Å². The Hall–Kier alpha value is -2.99. The maximum absolute atomic E-state index is 12.5. The third-order valence-corrected chi connectivity index (χ3v) is 4.22. The van der Waals surface area contributed by atoms with Crippen LogP contribution in [0.15, 0.2) is 54.6 Å². The lowest BCUT2D eigenvalue weighted by atomic mass is 9.95. The van der Waals surface area contributed by atoms with Crippen LogP contribution in [0.25, 0.3) is 0 Å². The Labute approximate surface area is 151 Å². The SMILES string of the molecule is C[C@@H](C(=O)O[C@H](C)C([NH3+])C(=O)O)c1cccc(C(=O)c2ccccc2)c1. The van der Waals surface area contributed by atoms with Gasteiger partial charge >= 0.3 is 11.9 Å². The molecule has 0 amide bonds. The van der Waals surface area contributed by atoms with Gasteiger partial charge in [-0.25, -0.2) is 4.79 Å². The van der Waals surface area contributed by atoms with Crippen molar-refractivity contribution in [3.8, 4) is 0 Å². The van der Waals surface area contributed by atoms with Gasteiger partial charge in [-0.15, -0.1) is 0 Å². The molecule has 0 aromatic heterocycles. The minimum absolute atomic E-state index is 0.134. The maximum atomic E-state index is 12.5. The molecule has 0 spiro atoms. The van der Waals surface area contributed by atoms with Crippen LogP contribution in [0.2, 0.25) is 0 Å². The molecule has 6 heteroatoms. The summed E-state index contributed by atoms with van der Waals surface area (Å²) in [6.45, 7) is 3.14. The van der Waals surface area contributed by atoms with Gasteiger partial charge in [-0.1, -0.05) is 48.5 Å². The molecule has 0 fully saturated rings. The fourth-order valence-corrected chi connectivity index (χ4v) is 2.41. The minimum Gasteiger partial charge on any atom is -0.477 e. The molecule has 0 saturated carbocycles. The first-order valence-electron chi connectivity index (χ1n) is 8.27. The Kier molecular flexibility index (Phi) is 6.25. The van der Waals surface area contributed by atoms with Gasteiger partial charge in [-0.05, 0) is 25.5 Å². The number of carbonyl (C=O) groups excluding carboxylic acids is 2. The van der Waals surface area contributed by atoms with Crippen LogP contribution in [-0.4, -0.2) is 35.0 Å². The summed E-state index contributed by atoms with van der Waals surface area (Å²) < 4.78 is 5.21. The second kappa shape index (κ2) is 8.40. The van der Waals surface area contributed by atoms with Crippen molar-refractivity contribution >= 4 is 17.7 Å². The van der Waals surface area contributed by atoms with Gasteiger partial charge in [0.25, 0.3) is 0 Å². The Bertz CT molecular complexity index is 803. The van der Waals surface area contributed by atoms with Crippen LogP contribution in [-0.2, 0) is 14.3 Å². The van der Waals surface area contributed by atoms with Crippen molar-refractivity contribution in [1.29, 1.82) is 0 Å². The van der Waals surface area contributed by atoms with Gasteiger partial charge in [0, 0.05) is 11.1 Å². The number of benzene rings is 2. The molecular formula is C20H22NO5+. The second-order valence-electron chi connectivity index (χ2n) is 6.13. The fourth-order valence-electron chi connectivity index (χ4n) is 2.41. The first kappa shape index (κ1) is 19.3. The predicted octanol–water partition coefficient (Wildman–Crippen LogP) is 1.65. The van der Waals surface area contributed by atoms with Crippen molar-refractivity contribution in [1.82, 2.24) is 0 Å². The van der Waals surface area contributed by atoms with Crippen LogP contribution in [0.3, 0.4) is 0 Å². The standard InChI is InChI=1S/C20H21NO5/c1-12(20(25)26-13(2)17(21)19(23)24)15-9-6-10-16(11-15)18(22)14-7-4-3-5-8-14/h3-13,17H,21H2,1-2H3,(H,23,24)/p+1/t12-,13-,17?/m1/s1. The molecule has 0 heterocycles. The lowest BCUT2D eigenvalue weighted by molar-refractivity contribution is -0.423.